The monoisotopic (exact) mass is 630 g/mol. The second kappa shape index (κ2) is 11.8. The van der Waals surface area contributed by atoms with Crippen LogP contribution in [0.4, 0.5) is 8.78 Å². The topological polar surface area (TPSA) is 44.9 Å². The highest BCUT2D eigenvalue weighted by molar-refractivity contribution is 6.09. The van der Waals surface area contributed by atoms with Gasteiger partial charge >= 0.3 is 0 Å². The van der Waals surface area contributed by atoms with E-state index in [-0.39, 0.29) is 11.3 Å². The first-order valence-corrected chi connectivity index (χ1v) is 16.4. The van der Waals surface area contributed by atoms with E-state index in [1.165, 1.54) is 11.6 Å². The Balaban J connectivity index is 1.29. The molecule has 7 heteroatoms. The molecule has 0 N–H and O–H groups in total. The number of benzene rings is 3. The maximum absolute atomic E-state index is 15.2. The Morgan fingerprint density at radius 2 is 1.66 bits per heavy atom. The lowest BCUT2D eigenvalue weighted by Gasteiger charge is -2.25. The molecule has 0 unspecified atom stereocenters. The quantitative estimate of drug-likeness (QED) is 0.184. The molecule has 7 rings (SSSR count). The lowest BCUT2D eigenvalue weighted by Crippen LogP contribution is -2.20. The van der Waals surface area contributed by atoms with Crippen LogP contribution in [-0.2, 0) is 5.41 Å². The lowest BCUT2D eigenvalue weighted by atomic mass is 9.83. The first kappa shape index (κ1) is 30.9. The fraction of sp³-hybridized carbons (Fsp3) is 0.300. The number of halogens is 2. The summed E-state index contributed by atoms with van der Waals surface area (Å²) in [6, 6.07) is 26.4. The van der Waals surface area contributed by atoms with Crippen LogP contribution in [0, 0.1) is 6.92 Å². The molecule has 3 aromatic heterocycles. The summed E-state index contributed by atoms with van der Waals surface area (Å²) in [6.07, 6.45) is 2.84. The number of aryl methyl sites for hydroxylation is 1. The number of allylic oxidation sites excluding steroid dienone is 2. The minimum absolute atomic E-state index is 0.00702. The van der Waals surface area contributed by atoms with Crippen molar-refractivity contribution >= 4 is 21.8 Å². The Labute approximate surface area is 274 Å². The summed E-state index contributed by atoms with van der Waals surface area (Å²) in [5.41, 5.74) is 6.13. The molecular formula is C40H40F2N4O. The van der Waals surface area contributed by atoms with E-state index in [0.29, 0.717) is 35.6 Å². The molecule has 6 aromatic rings. The summed E-state index contributed by atoms with van der Waals surface area (Å²) in [4.78, 5) is 4.79. The smallest absolute Gasteiger partial charge is 0.137 e. The van der Waals surface area contributed by atoms with Crippen molar-refractivity contribution in [2.24, 2.45) is 0 Å². The van der Waals surface area contributed by atoms with Crippen molar-refractivity contribution in [2.75, 3.05) is 0 Å². The number of hydrogen-bond acceptors (Lipinski definition) is 3. The Bertz CT molecular complexity index is 2150. The highest BCUT2D eigenvalue weighted by Gasteiger charge is 2.36. The van der Waals surface area contributed by atoms with Gasteiger partial charge in [0.25, 0.3) is 0 Å². The van der Waals surface area contributed by atoms with E-state index >= 15 is 8.78 Å². The molecule has 0 fully saturated rings. The van der Waals surface area contributed by atoms with E-state index in [2.05, 4.69) is 73.9 Å². The van der Waals surface area contributed by atoms with Crippen molar-refractivity contribution in [2.45, 2.75) is 77.8 Å². The zero-order valence-electron chi connectivity index (χ0n) is 27.8. The van der Waals surface area contributed by atoms with Crippen LogP contribution in [-0.4, -0.2) is 25.5 Å². The molecule has 5 nitrogen and oxygen atoms in total. The minimum atomic E-state index is -1.28. The third-order valence-corrected chi connectivity index (χ3v) is 9.23. The standard InChI is InChI=1S/C40H40F2N4O/c1-24(2)39-37(38-32(41)14-10-15-33(38)42)25(3)44-46(39)27-11-9-12-28(22-27)47-29-17-18-31-30-13-7-8-16-34(30)45(35(31)23-29)36-21-26(19-20-43-36)40(4,5)6/h7-9,11-14,16-24,33,38H,10,15H2,1-6H3/t33-,38+/m0/s1. The van der Waals surface area contributed by atoms with Crippen LogP contribution in [0.5, 0.6) is 11.5 Å². The summed E-state index contributed by atoms with van der Waals surface area (Å²) in [6.45, 7) is 12.5. The maximum Gasteiger partial charge on any atom is 0.137 e. The number of hydrogen-bond donors (Lipinski definition) is 0. The molecule has 2 atom stereocenters. The Hall–Kier alpha value is -4.78. The average molecular weight is 631 g/mol. The Kier molecular flexibility index (Phi) is 7.74. The van der Waals surface area contributed by atoms with Gasteiger partial charge in [-0.05, 0) is 79.1 Å². The molecule has 0 saturated heterocycles. The highest BCUT2D eigenvalue weighted by Crippen LogP contribution is 2.43. The van der Waals surface area contributed by atoms with Crippen LogP contribution in [0.25, 0.3) is 33.3 Å². The van der Waals surface area contributed by atoms with Crippen molar-refractivity contribution in [1.82, 2.24) is 19.3 Å². The lowest BCUT2D eigenvalue weighted by molar-refractivity contribution is 0.250. The first-order chi connectivity index (χ1) is 22.5. The number of alkyl halides is 1. The Morgan fingerprint density at radius 1 is 0.894 bits per heavy atom. The van der Waals surface area contributed by atoms with Gasteiger partial charge in [-0.1, -0.05) is 65.0 Å². The van der Waals surface area contributed by atoms with Gasteiger partial charge in [0.1, 0.15) is 29.3 Å². The highest BCUT2D eigenvalue weighted by atomic mass is 19.1. The predicted molar refractivity (Wildman–Crippen MR) is 186 cm³/mol. The number of fused-ring (bicyclic) bond motifs is 3. The van der Waals surface area contributed by atoms with E-state index in [1.54, 1.807) is 0 Å². The summed E-state index contributed by atoms with van der Waals surface area (Å²) in [5, 5.41) is 7.07. The number of nitrogens with zero attached hydrogens (tertiary/aromatic N) is 4. The van der Waals surface area contributed by atoms with E-state index in [4.69, 9.17) is 14.8 Å². The normalized spacial score (nSPS) is 17.1. The van der Waals surface area contributed by atoms with Crippen LogP contribution < -0.4 is 4.74 Å². The first-order valence-electron chi connectivity index (χ1n) is 16.4. The maximum atomic E-state index is 15.2. The fourth-order valence-corrected chi connectivity index (χ4v) is 6.94. The molecule has 1 aliphatic carbocycles. The van der Waals surface area contributed by atoms with Gasteiger partial charge in [-0.2, -0.15) is 5.10 Å². The van der Waals surface area contributed by atoms with Gasteiger partial charge in [-0.25, -0.2) is 18.4 Å². The molecule has 1 aliphatic rings. The van der Waals surface area contributed by atoms with Gasteiger partial charge in [-0.3, -0.25) is 4.57 Å². The van der Waals surface area contributed by atoms with Gasteiger partial charge in [0.15, 0.2) is 0 Å². The van der Waals surface area contributed by atoms with E-state index in [1.807, 2.05) is 62.0 Å². The summed E-state index contributed by atoms with van der Waals surface area (Å²) in [7, 11) is 0. The molecule has 0 saturated carbocycles. The second-order valence-electron chi connectivity index (χ2n) is 13.9. The third kappa shape index (κ3) is 5.52. The molecular weight excluding hydrogens is 590 g/mol. The molecule has 47 heavy (non-hydrogen) atoms. The number of para-hydroxylation sites is 1. The largest absolute Gasteiger partial charge is 0.457 e. The SMILES string of the molecule is Cc1nn(-c2cccc(Oc3ccc4c5ccccc5n(-c5cc(C(C)(C)C)ccn5)c4c3)c2)c(C(C)C)c1[C@@H]1C(F)=CCC[C@@H]1F. The molecule has 3 aromatic carbocycles. The molecule has 0 radical (unpaired) electrons. The number of aromatic nitrogens is 4. The van der Waals surface area contributed by atoms with Crippen LogP contribution in [0.3, 0.4) is 0 Å². The molecule has 0 spiro atoms. The fourth-order valence-electron chi connectivity index (χ4n) is 6.94. The van der Waals surface area contributed by atoms with Gasteiger partial charge in [0.2, 0.25) is 0 Å². The van der Waals surface area contributed by atoms with Crippen molar-refractivity contribution in [3.8, 4) is 23.0 Å². The summed E-state index contributed by atoms with van der Waals surface area (Å²) < 4.78 is 40.8. The summed E-state index contributed by atoms with van der Waals surface area (Å²) >= 11 is 0. The van der Waals surface area contributed by atoms with Crippen LogP contribution in [0.15, 0.2) is 97.0 Å². The molecule has 0 amide bonds. The van der Waals surface area contributed by atoms with Crippen molar-refractivity contribution < 1.29 is 13.5 Å². The molecule has 0 bridgehead atoms. The molecule has 3 heterocycles. The van der Waals surface area contributed by atoms with Crippen molar-refractivity contribution in [3.63, 3.8) is 0 Å². The van der Waals surface area contributed by atoms with Crippen LogP contribution in [0.2, 0.25) is 0 Å². The zero-order chi connectivity index (χ0) is 33.0. The van der Waals surface area contributed by atoms with E-state index in [9.17, 15) is 0 Å². The predicted octanol–water partition coefficient (Wildman–Crippen LogP) is 11.0. The van der Waals surface area contributed by atoms with Gasteiger partial charge < -0.3 is 4.74 Å². The third-order valence-electron chi connectivity index (χ3n) is 9.23. The van der Waals surface area contributed by atoms with E-state index < -0.39 is 17.9 Å². The number of ether oxygens (including phenoxy) is 1. The molecule has 240 valence electrons. The van der Waals surface area contributed by atoms with Gasteiger partial charge in [-0.15, -0.1) is 0 Å². The second-order valence-corrected chi connectivity index (χ2v) is 13.9. The minimum Gasteiger partial charge on any atom is -0.457 e. The average Bonchev–Trinajstić information content (AvgIpc) is 3.55. The summed E-state index contributed by atoms with van der Waals surface area (Å²) in [5.74, 6) is 0.835. The van der Waals surface area contributed by atoms with E-state index in [0.717, 1.165) is 39.0 Å². The van der Waals surface area contributed by atoms with Crippen LogP contribution >= 0.6 is 0 Å². The number of rotatable bonds is 6. The van der Waals surface area contributed by atoms with Crippen LogP contribution in [0.1, 0.15) is 81.8 Å². The zero-order valence-corrected chi connectivity index (χ0v) is 27.8. The van der Waals surface area contributed by atoms with Gasteiger partial charge in [0.05, 0.1) is 34.0 Å². The number of pyridine rings is 1. The Morgan fingerprint density at radius 3 is 2.43 bits per heavy atom. The van der Waals surface area contributed by atoms with Crippen molar-refractivity contribution in [3.05, 3.63) is 119 Å². The molecule has 0 aliphatic heterocycles. The van der Waals surface area contributed by atoms with Gasteiger partial charge in [0, 0.05) is 34.7 Å². The van der Waals surface area contributed by atoms with Crippen molar-refractivity contribution in [1.29, 1.82) is 0 Å².